The third kappa shape index (κ3) is 3.39. The molecule has 0 aliphatic carbocycles. The van der Waals surface area contributed by atoms with Crippen LogP contribution in [0.1, 0.15) is 28.4 Å². The largest absolute Gasteiger partial charge is 0.493 e. The van der Waals surface area contributed by atoms with Crippen LogP contribution in [0.2, 0.25) is 0 Å². The van der Waals surface area contributed by atoms with Gasteiger partial charge in [0.05, 0.1) is 14.2 Å². The average Bonchev–Trinajstić information content (AvgIpc) is 2.53. The Hall–Kier alpha value is -2.49. The van der Waals surface area contributed by atoms with Gasteiger partial charge in [-0.1, -0.05) is 19.1 Å². The molecule has 0 spiro atoms. The maximum Gasteiger partial charge on any atom is 0.256 e. The number of methoxy groups -OCH3 is 2. The molecule has 0 radical (unpaired) electrons. The Morgan fingerprint density at radius 1 is 1.09 bits per heavy atom. The van der Waals surface area contributed by atoms with Gasteiger partial charge in [-0.2, -0.15) is 0 Å². The van der Waals surface area contributed by atoms with E-state index < -0.39 is 0 Å². The second-order valence-electron chi connectivity index (χ2n) is 5.04. The zero-order valence-electron chi connectivity index (χ0n) is 13.4. The Bertz CT molecular complexity index is 680. The van der Waals surface area contributed by atoms with Crippen LogP contribution in [0.4, 0.5) is 5.69 Å². The number of carbonyl (C=O) groups is 1. The topological polar surface area (TPSA) is 47.6 Å². The maximum atomic E-state index is 12.6. The van der Waals surface area contributed by atoms with Crippen LogP contribution in [0.3, 0.4) is 0 Å². The molecule has 22 heavy (non-hydrogen) atoms. The molecule has 0 heterocycles. The highest BCUT2D eigenvalue weighted by Gasteiger charge is 2.16. The van der Waals surface area contributed by atoms with Crippen molar-refractivity contribution in [2.75, 3.05) is 19.5 Å². The van der Waals surface area contributed by atoms with Crippen molar-refractivity contribution in [1.82, 2.24) is 0 Å². The third-order valence-electron chi connectivity index (χ3n) is 3.51. The number of aryl methyl sites for hydroxylation is 2. The molecule has 0 unspecified atom stereocenters. The van der Waals surface area contributed by atoms with Gasteiger partial charge in [-0.3, -0.25) is 4.79 Å². The first-order chi connectivity index (χ1) is 10.6. The molecule has 0 fully saturated rings. The van der Waals surface area contributed by atoms with Gasteiger partial charge in [-0.25, -0.2) is 0 Å². The summed E-state index contributed by atoms with van der Waals surface area (Å²) in [5, 5.41) is 2.93. The quantitative estimate of drug-likeness (QED) is 0.913. The van der Waals surface area contributed by atoms with Crippen LogP contribution in [-0.2, 0) is 6.42 Å². The SMILES string of the molecule is CCc1cc(OC)c(OC)cc1C(=O)Nc1cccc(C)c1. The van der Waals surface area contributed by atoms with Gasteiger partial charge in [0.1, 0.15) is 0 Å². The van der Waals surface area contributed by atoms with Gasteiger partial charge < -0.3 is 14.8 Å². The number of amides is 1. The molecule has 0 aliphatic rings. The zero-order chi connectivity index (χ0) is 16.1. The number of anilines is 1. The summed E-state index contributed by atoms with van der Waals surface area (Å²) in [7, 11) is 3.15. The van der Waals surface area contributed by atoms with Crippen molar-refractivity contribution in [3.8, 4) is 11.5 Å². The highest BCUT2D eigenvalue weighted by molar-refractivity contribution is 6.05. The lowest BCUT2D eigenvalue weighted by molar-refractivity contribution is 0.102. The second kappa shape index (κ2) is 6.98. The molecule has 2 aromatic rings. The fraction of sp³-hybridized carbons (Fsp3) is 0.278. The molecule has 0 atom stereocenters. The van der Waals surface area contributed by atoms with E-state index in [0.717, 1.165) is 23.2 Å². The zero-order valence-corrected chi connectivity index (χ0v) is 13.4. The molecular weight excluding hydrogens is 278 g/mol. The van der Waals surface area contributed by atoms with Crippen molar-refractivity contribution in [3.05, 3.63) is 53.1 Å². The Morgan fingerprint density at radius 2 is 1.77 bits per heavy atom. The molecular formula is C18H21NO3. The molecule has 0 aliphatic heterocycles. The van der Waals surface area contributed by atoms with Gasteiger partial charge in [0.2, 0.25) is 0 Å². The number of ether oxygens (including phenoxy) is 2. The monoisotopic (exact) mass is 299 g/mol. The van der Waals surface area contributed by atoms with E-state index in [9.17, 15) is 4.79 Å². The summed E-state index contributed by atoms with van der Waals surface area (Å²) in [5.74, 6) is 1.03. The molecule has 116 valence electrons. The van der Waals surface area contributed by atoms with E-state index in [0.29, 0.717) is 17.1 Å². The van der Waals surface area contributed by atoms with Crippen LogP contribution in [0.25, 0.3) is 0 Å². The molecule has 4 heteroatoms. The normalized spacial score (nSPS) is 10.2. The average molecular weight is 299 g/mol. The number of carbonyl (C=O) groups excluding carboxylic acids is 1. The molecule has 4 nitrogen and oxygen atoms in total. The van der Waals surface area contributed by atoms with Crippen LogP contribution in [0.15, 0.2) is 36.4 Å². The van der Waals surface area contributed by atoms with Crippen LogP contribution in [0.5, 0.6) is 11.5 Å². The first-order valence-electron chi connectivity index (χ1n) is 7.22. The highest BCUT2D eigenvalue weighted by Crippen LogP contribution is 2.31. The van der Waals surface area contributed by atoms with Crippen LogP contribution < -0.4 is 14.8 Å². The molecule has 2 rings (SSSR count). The molecule has 1 amide bonds. The van der Waals surface area contributed by atoms with Crippen molar-refractivity contribution < 1.29 is 14.3 Å². The van der Waals surface area contributed by atoms with E-state index in [4.69, 9.17) is 9.47 Å². The Balaban J connectivity index is 2.36. The predicted molar refractivity (Wildman–Crippen MR) is 88.1 cm³/mol. The molecule has 1 N–H and O–H groups in total. The number of hydrogen-bond donors (Lipinski definition) is 1. The fourth-order valence-corrected chi connectivity index (χ4v) is 2.35. The summed E-state index contributed by atoms with van der Waals surface area (Å²) in [6.45, 7) is 3.99. The van der Waals surface area contributed by atoms with Crippen molar-refractivity contribution in [2.45, 2.75) is 20.3 Å². The lowest BCUT2D eigenvalue weighted by Gasteiger charge is -2.14. The fourth-order valence-electron chi connectivity index (χ4n) is 2.35. The van der Waals surface area contributed by atoms with Gasteiger partial charge in [0.25, 0.3) is 5.91 Å². The van der Waals surface area contributed by atoms with Gasteiger partial charge >= 0.3 is 0 Å². The van der Waals surface area contributed by atoms with Gasteiger partial charge in [0, 0.05) is 11.3 Å². The highest BCUT2D eigenvalue weighted by atomic mass is 16.5. The lowest BCUT2D eigenvalue weighted by atomic mass is 10.0. The van der Waals surface area contributed by atoms with Crippen LogP contribution >= 0.6 is 0 Å². The number of hydrogen-bond acceptors (Lipinski definition) is 3. The van der Waals surface area contributed by atoms with E-state index in [2.05, 4.69) is 5.32 Å². The number of rotatable bonds is 5. The number of nitrogens with one attached hydrogen (secondary N) is 1. The summed E-state index contributed by atoms with van der Waals surface area (Å²) in [4.78, 5) is 12.6. The molecule has 0 saturated heterocycles. The standard InChI is InChI=1S/C18H21NO3/c1-5-13-10-16(21-3)17(22-4)11-15(13)18(20)19-14-8-6-7-12(2)9-14/h6-11H,5H2,1-4H3,(H,19,20). The van der Waals surface area contributed by atoms with Gasteiger partial charge in [0.15, 0.2) is 11.5 Å². The maximum absolute atomic E-state index is 12.6. The second-order valence-corrected chi connectivity index (χ2v) is 5.04. The third-order valence-corrected chi connectivity index (χ3v) is 3.51. The predicted octanol–water partition coefficient (Wildman–Crippen LogP) is 3.83. The van der Waals surface area contributed by atoms with Gasteiger partial charge in [-0.05, 0) is 48.7 Å². The van der Waals surface area contributed by atoms with Gasteiger partial charge in [-0.15, -0.1) is 0 Å². The molecule has 0 saturated carbocycles. The van der Waals surface area contributed by atoms with Crippen molar-refractivity contribution in [3.63, 3.8) is 0 Å². The Kier molecular flexibility index (Phi) is 5.04. The summed E-state index contributed by atoms with van der Waals surface area (Å²) in [5.41, 5.74) is 3.40. The summed E-state index contributed by atoms with van der Waals surface area (Å²) in [6.07, 6.45) is 0.733. The van der Waals surface area contributed by atoms with E-state index in [1.165, 1.54) is 0 Å². The van der Waals surface area contributed by atoms with Crippen LogP contribution in [0, 0.1) is 6.92 Å². The smallest absolute Gasteiger partial charge is 0.256 e. The first-order valence-corrected chi connectivity index (χ1v) is 7.22. The van der Waals surface area contributed by atoms with Crippen LogP contribution in [-0.4, -0.2) is 20.1 Å². The summed E-state index contributed by atoms with van der Waals surface area (Å²) >= 11 is 0. The van der Waals surface area contributed by atoms with Crippen molar-refractivity contribution in [2.24, 2.45) is 0 Å². The minimum absolute atomic E-state index is 0.150. The van der Waals surface area contributed by atoms with Crippen molar-refractivity contribution in [1.29, 1.82) is 0 Å². The van der Waals surface area contributed by atoms with Crippen molar-refractivity contribution >= 4 is 11.6 Å². The van der Waals surface area contributed by atoms with E-state index in [1.807, 2.05) is 44.2 Å². The minimum atomic E-state index is -0.150. The van der Waals surface area contributed by atoms with E-state index in [1.54, 1.807) is 20.3 Å². The lowest BCUT2D eigenvalue weighted by Crippen LogP contribution is -2.14. The van der Waals surface area contributed by atoms with E-state index >= 15 is 0 Å². The Morgan fingerprint density at radius 3 is 2.36 bits per heavy atom. The summed E-state index contributed by atoms with van der Waals surface area (Å²) in [6, 6.07) is 11.3. The minimum Gasteiger partial charge on any atom is -0.493 e. The number of benzene rings is 2. The molecule has 2 aromatic carbocycles. The Labute approximate surface area is 131 Å². The summed E-state index contributed by atoms with van der Waals surface area (Å²) < 4.78 is 10.6. The first kappa shape index (κ1) is 15.9. The molecule has 0 aromatic heterocycles. The molecule has 0 bridgehead atoms. The van der Waals surface area contributed by atoms with E-state index in [-0.39, 0.29) is 5.91 Å².